The first-order valence-corrected chi connectivity index (χ1v) is 7.29. The number of nitrogens with one attached hydrogen (secondary N) is 1. The van der Waals surface area contributed by atoms with Gasteiger partial charge in [-0.2, -0.15) is 0 Å². The number of hydrogen-bond acceptors (Lipinski definition) is 4. The molecule has 2 aromatic carbocycles. The van der Waals surface area contributed by atoms with Crippen LogP contribution in [0.1, 0.15) is 24.1 Å². The number of ether oxygens (including phenoxy) is 1. The van der Waals surface area contributed by atoms with E-state index in [1.54, 1.807) is 12.1 Å². The second-order valence-electron chi connectivity index (χ2n) is 5.03. The number of benzene rings is 2. The molecule has 0 bridgehead atoms. The van der Waals surface area contributed by atoms with Crippen molar-refractivity contribution in [2.75, 3.05) is 7.11 Å². The first-order valence-electron chi connectivity index (χ1n) is 6.92. The molecule has 122 valence electrons. The van der Waals surface area contributed by atoms with Crippen molar-refractivity contribution in [3.05, 3.63) is 68.5 Å². The molecule has 0 aliphatic heterocycles. The predicted octanol–water partition coefficient (Wildman–Crippen LogP) is 4.25. The van der Waals surface area contributed by atoms with Crippen LogP contribution < -0.4 is 10.1 Å². The van der Waals surface area contributed by atoms with Gasteiger partial charge in [0.25, 0.3) is 5.69 Å². The molecule has 0 spiro atoms. The Balaban J connectivity index is 2.10. The van der Waals surface area contributed by atoms with Crippen LogP contribution in [-0.2, 0) is 6.54 Å². The molecular formula is C16H16ClFN2O3. The number of rotatable bonds is 6. The summed E-state index contributed by atoms with van der Waals surface area (Å²) in [6.45, 7) is 2.20. The monoisotopic (exact) mass is 338 g/mol. The van der Waals surface area contributed by atoms with E-state index in [9.17, 15) is 14.5 Å². The Morgan fingerprint density at radius 1 is 1.35 bits per heavy atom. The number of methoxy groups -OCH3 is 1. The van der Waals surface area contributed by atoms with E-state index in [4.69, 9.17) is 16.3 Å². The fourth-order valence-corrected chi connectivity index (χ4v) is 2.33. The van der Waals surface area contributed by atoms with Gasteiger partial charge in [-0.1, -0.05) is 17.7 Å². The maximum Gasteiger partial charge on any atom is 0.269 e. The van der Waals surface area contributed by atoms with Gasteiger partial charge in [-0.25, -0.2) is 4.39 Å². The SMILES string of the molecule is COc1ccc(C(C)NCc2cc([N+](=O)[O-])ccc2Cl)cc1F. The summed E-state index contributed by atoms with van der Waals surface area (Å²) in [6, 6.07) is 8.83. The first-order chi connectivity index (χ1) is 10.9. The van der Waals surface area contributed by atoms with Gasteiger partial charge in [-0.05, 0) is 36.2 Å². The van der Waals surface area contributed by atoms with Crippen LogP contribution in [0.2, 0.25) is 5.02 Å². The second-order valence-corrected chi connectivity index (χ2v) is 5.44. The van der Waals surface area contributed by atoms with Crippen LogP contribution in [-0.4, -0.2) is 12.0 Å². The molecule has 2 rings (SSSR count). The molecule has 0 saturated carbocycles. The molecule has 5 nitrogen and oxygen atoms in total. The topological polar surface area (TPSA) is 64.4 Å². The van der Waals surface area contributed by atoms with Gasteiger partial charge in [0.15, 0.2) is 11.6 Å². The molecule has 0 fully saturated rings. The summed E-state index contributed by atoms with van der Waals surface area (Å²) in [5.74, 6) is -0.255. The molecule has 0 amide bonds. The van der Waals surface area contributed by atoms with Crippen LogP contribution in [0, 0.1) is 15.9 Å². The van der Waals surface area contributed by atoms with Crippen molar-refractivity contribution in [2.24, 2.45) is 0 Å². The average molecular weight is 339 g/mol. The Hall–Kier alpha value is -2.18. The number of non-ortho nitro benzene ring substituents is 1. The van der Waals surface area contributed by atoms with Crippen molar-refractivity contribution in [1.29, 1.82) is 0 Å². The van der Waals surface area contributed by atoms with Gasteiger partial charge in [-0.3, -0.25) is 10.1 Å². The van der Waals surface area contributed by atoms with Crippen molar-refractivity contribution in [2.45, 2.75) is 19.5 Å². The van der Waals surface area contributed by atoms with Gasteiger partial charge in [0.2, 0.25) is 0 Å². The molecule has 0 heterocycles. The Kier molecular flexibility index (Phi) is 5.52. The van der Waals surface area contributed by atoms with E-state index in [0.717, 1.165) is 5.56 Å². The molecule has 1 N–H and O–H groups in total. The molecule has 23 heavy (non-hydrogen) atoms. The Labute approximate surface area is 138 Å². The lowest BCUT2D eigenvalue weighted by atomic mass is 10.1. The number of nitrogens with zero attached hydrogens (tertiary/aromatic N) is 1. The van der Waals surface area contributed by atoms with E-state index < -0.39 is 10.7 Å². The summed E-state index contributed by atoms with van der Waals surface area (Å²) in [7, 11) is 1.41. The van der Waals surface area contributed by atoms with E-state index in [0.29, 0.717) is 17.1 Å². The number of halogens is 2. The summed E-state index contributed by atoms with van der Waals surface area (Å²) in [5.41, 5.74) is 1.33. The third kappa shape index (κ3) is 4.18. The highest BCUT2D eigenvalue weighted by atomic mass is 35.5. The molecule has 0 saturated heterocycles. The summed E-state index contributed by atoms with van der Waals surface area (Å²) in [6.07, 6.45) is 0. The smallest absolute Gasteiger partial charge is 0.269 e. The summed E-state index contributed by atoms with van der Waals surface area (Å²) in [4.78, 5) is 10.3. The van der Waals surface area contributed by atoms with Gasteiger partial charge < -0.3 is 10.1 Å². The molecule has 0 aliphatic carbocycles. The van der Waals surface area contributed by atoms with Crippen LogP contribution in [0.15, 0.2) is 36.4 Å². The van der Waals surface area contributed by atoms with Crippen LogP contribution in [0.4, 0.5) is 10.1 Å². The third-order valence-corrected chi connectivity index (χ3v) is 3.88. The molecule has 7 heteroatoms. The van der Waals surface area contributed by atoms with Crippen LogP contribution in [0.25, 0.3) is 0 Å². The highest BCUT2D eigenvalue weighted by Crippen LogP contribution is 2.24. The molecule has 0 aromatic heterocycles. The highest BCUT2D eigenvalue weighted by Gasteiger charge is 2.13. The van der Waals surface area contributed by atoms with Gasteiger partial charge in [0, 0.05) is 29.7 Å². The van der Waals surface area contributed by atoms with Crippen molar-refractivity contribution in [3.63, 3.8) is 0 Å². The minimum absolute atomic E-state index is 0.0191. The molecule has 1 unspecified atom stereocenters. The number of nitro benzene ring substituents is 1. The molecule has 2 aromatic rings. The second kappa shape index (κ2) is 7.39. The number of nitro groups is 1. The highest BCUT2D eigenvalue weighted by molar-refractivity contribution is 6.31. The minimum Gasteiger partial charge on any atom is -0.494 e. The minimum atomic E-state index is -0.470. The maximum atomic E-state index is 13.7. The lowest BCUT2D eigenvalue weighted by Crippen LogP contribution is -2.18. The largest absolute Gasteiger partial charge is 0.494 e. The lowest BCUT2D eigenvalue weighted by Gasteiger charge is -2.15. The molecule has 0 radical (unpaired) electrons. The van der Waals surface area contributed by atoms with E-state index in [1.165, 1.54) is 31.4 Å². The zero-order valence-electron chi connectivity index (χ0n) is 12.7. The van der Waals surface area contributed by atoms with E-state index >= 15 is 0 Å². The molecule has 1 atom stereocenters. The predicted molar refractivity (Wildman–Crippen MR) is 86.3 cm³/mol. The van der Waals surface area contributed by atoms with E-state index in [-0.39, 0.29) is 17.5 Å². The summed E-state index contributed by atoms with van der Waals surface area (Å²) < 4.78 is 18.6. The van der Waals surface area contributed by atoms with Crippen molar-refractivity contribution in [3.8, 4) is 5.75 Å². The van der Waals surface area contributed by atoms with Gasteiger partial charge in [-0.15, -0.1) is 0 Å². The third-order valence-electron chi connectivity index (χ3n) is 3.51. The number of hydrogen-bond donors (Lipinski definition) is 1. The van der Waals surface area contributed by atoms with E-state index in [2.05, 4.69) is 5.32 Å². The van der Waals surface area contributed by atoms with Crippen LogP contribution in [0.3, 0.4) is 0 Å². The maximum absolute atomic E-state index is 13.7. The Morgan fingerprint density at radius 2 is 2.09 bits per heavy atom. The fourth-order valence-electron chi connectivity index (χ4n) is 2.14. The average Bonchev–Trinajstić information content (AvgIpc) is 2.53. The van der Waals surface area contributed by atoms with Crippen LogP contribution in [0.5, 0.6) is 5.75 Å². The first kappa shape index (κ1) is 17.2. The Bertz CT molecular complexity index is 724. The zero-order valence-corrected chi connectivity index (χ0v) is 13.4. The van der Waals surface area contributed by atoms with Gasteiger partial charge >= 0.3 is 0 Å². The molecule has 0 aliphatic rings. The standard InChI is InChI=1S/C16H16ClFN2O3/c1-10(11-3-6-16(23-2)15(18)8-11)19-9-12-7-13(20(21)22)4-5-14(12)17/h3-8,10,19H,9H2,1-2H3. The summed E-state index contributed by atoms with van der Waals surface area (Å²) >= 11 is 6.06. The van der Waals surface area contributed by atoms with Crippen LogP contribution >= 0.6 is 11.6 Å². The quantitative estimate of drug-likeness (QED) is 0.631. The molecular weight excluding hydrogens is 323 g/mol. The fraction of sp³-hybridized carbons (Fsp3) is 0.250. The van der Waals surface area contributed by atoms with E-state index in [1.807, 2.05) is 6.92 Å². The van der Waals surface area contributed by atoms with Crippen molar-refractivity contribution in [1.82, 2.24) is 5.32 Å². The zero-order chi connectivity index (χ0) is 17.0. The van der Waals surface area contributed by atoms with Gasteiger partial charge in [0.05, 0.1) is 12.0 Å². The lowest BCUT2D eigenvalue weighted by molar-refractivity contribution is -0.384. The normalized spacial score (nSPS) is 12.0. The van der Waals surface area contributed by atoms with Gasteiger partial charge in [0.1, 0.15) is 0 Å². The summed E-state index contributed by atoms with van der Waals surface area (Å²) in [5, 5.41) is 14.4. The van der Waals surface area contributed by atoms with Crippen molar-refractivity contribution < 1.29 is 14.1 Å². The van der Waals surface area contributed by atoms with Crippen molar-refractivity contribution >= 4 is 17.3 Å². The Morgan fingerprint density at radius 3 is 2.70 bits per heavy atom.